The number of hydrogen-bond acceptors (Lipinski definition) is 7. The van der Waals surface area contributed by atoms with Crippen LogP contribution in [0, 0.1) is 0 Å². The Balaban J connectivity index is 1.41. The zero-order valence-electron chi connectivity index (χ0n) is 23.0. The van der Waals surface area contributed by atoms with E-state index in [2.05, 4.69) is 15.6 Å². The summed E-state index contributed by atoms with van der Waals surface area (Å²) in [5.74, 6) is -0.523. The van der Waals surface area contributed by atoms with E-state index in [9.17, 15) is 9.59 Å². The summed E-state index contributed by atoms with van der Waals surface area (Å²) in [5, 5.41) is 14.7. The molecule has 0 fully saturated rings. The Kier molecular flexibility index (Phi) is 8.61. The Morgan fingerprint density at radius 2 is 1.76 bits per heavy atom. The van der Waals surface area contributed by atoms with Gasteiger partial charge in [-0.2, -0.15) is 0 Å². The number of nitrogens with one attached hydrogen (secondary N) is 1. The Labute approximate surface area is 247 Å². The highest BCUT2D eigenvalue weighted by molar-refractivity contribution is 7.09. The van der Waals surface area contributed by atoms with Gasteiger partial charge in [0.2, 0.25) is 11.8 Å². The fourth-order valence-corrected chi connectivity index (χ4v) is 5.45. The Morgan fingerprint density at radius 1 is 1.02 bits per heavy atom. The van der Waals surface area contributed by atoms with E-state index in [-0.39, 0.29) is 24.9 Å². The molecule has 3 aromatic carbocycles. The van der Waals surface area contributed by atoms with Gasteiger partial charge in [-0.15, -0.1) is 16.4 Å². The molecule has 1 unspecified atom stereocenters. The summed E-state index contributed by atoms with van der Waals surface area (Å²) < 4.78 is 1.57. The number of anilines is 2. The first-order valence-corrected chi connectivity index (χ1v) is 14.4. The van der Waals surface area contributed by atoms with Crippen molar-refractivity contribution < 1.29 is 9.59 Å². The second-order valence-electron chi connectivity index (χ2n) is 9.75. The van der Waals surface area contributed by atoms with Crippen molar-refractivity contribution in [2.45, 2.75) is 32.5 Å². The minimum Gasteiger partial charge on any atom is -0.378 e. The average molecular weight is 588 g/mol. The summed E-state index contributed by atoms with van der Waals surface area (Å²) in [6, 6.07) is 21.8. The van der Waals surface area contributed by atoms with Crippen molar-refractivity contribution in [1.82, 2.24) is 24.9 Å². The van der Waals surface area contributed by atoms with E-state index >= 15 is 0 Å². The minimum absolute atomic E-state index is 0.0583. The molecule has 210 valence electrons. The molecule has 0 aliphatic rings. The van der Waals surface area contributed by atoms with E-state index < -0.39 is 6.04 Å². The molecule has 11 heteroatoms. The number of halogens is 1. The first kappa shape index (κ1) is 28.3. The Bertz CT molecular complexity index is 1650. The number of rotatable bonds is 10. The van der Waals surface area contributed by atoms with Gasteiger partial charge in [-0.05, 0) is 55.0 Å². The number of hydrogen-bond donors (Lipinski definition) is 1. The van der Waals surface area contributed by atoms with E-state index in [1.54, 1.807) is 9.58 Å². The first-order valence-electron chi connectivity index (χ1n) is 13.2. The van der Waals surface area contributed by atoms with Crippen LogP contribution in [0.2, 0.25) is 5.02 Å². The van der Waals surface area contributed by atoms with Crippen LogP contribution in [-0.2, 0) is 22.7 Å². The van der Waals surface area contributed by atoms with Crippen LogP contribution in [0.5, 0.6) is 0 Å². The van der Waals surface area contributed by atoms with E-state index in [1.165, 1.54) is 11.3 Å². The van der Waals surface area contributed by atoms with Gasteiger partial charge in [0, 0.05) is 41.4 Å². The highest BCUT2D eigenvalue weighted by atomic mass is 35.5. The van der Waals surface area contributed by atoms with Crippen LogP contribution in [0.25, 0.3) is 22.3 Å². The Hall–Kier alpha value is -4.28. The van der Waals surface area contributed by atoms with Gasteiger partial charge < -0.3 is 15.1 Å². The SMILES string of the molecule is CCC(C(=O)Nc1ccc(N(C)C)cc1)N(Cc1nc(-c2ccc(Cl)cc2)cs1)C(=O)Cn1nnc2ccccc21. The summed E-state index contributed by atoms with van der Waals surface area (Å²) in [5.41, 5.74) is 4.84. The lowest BCUT2D eigenvalue weighted by molar-refractivity contribution is -0.140. The summed E-state index contributed by atoms with van der Waals surface area (Å²) in [6.07, 6.45) is 0.418. The molecule has 0 spiro atoms. The molecule has 0 aliphatic heterocycles. The molecular weight excluding hydrogens is 558 g/mol. The average Bonchev–Trinajstić information content (AvgIpc) is 3.61. The van der Waals surface area contributed by atoms with Crippen LogP contribution >= 0.6 is 22.9 Å². The standard InChI is InChI=1S/C30H30ClN7O2S/c1-4-26(30(40)32-22-13-15-23(16-14-22)36(2)3)37(29(39)18-38-27-8-6-5-7-24(27)34-35-38)17-28-33-25(19-41-28)20-9-11-21(31)12-10-20/h5-16,19,26H,4,17-18H2,1-3H3,(H,32,40). The molecule has 9 nitrogen and oxygen atoms in total. The second kappa shape index (κ2) is 12.5. The molecule has 41 heavy (non-hydrogen) atoms. The molecule has 2 heterocycles. The molecule has 0 saturated heterocycles. The normalized spacial score (nSPS) is 11.8. The van der Waals surface area contributed by atoms with Gasteiger partial charge in [0.05, 0.1) is 17.8 Å². The fraction of sp³-hybridized carbons (Fsp3) is 0.233. The monoisotopic (exact) mass is 587 g/mol. The van der Waals surface area contributed by atoms with Gasteiger partial charge in [-0.3, -0.25) is 9.59 Å². The number of carbonyl (C=O) groups excluding carboxylic acids is 2. The molecule has 0 saturated carbocycles. The smallest absolute Gasteiger partial charge is 0.247 e. The van der Waals surface area contributed by atoms with E-state index in [4.69, 9.17) is 16.6 Å². The topological polar surface area (TPSA) is 96.2 Å². The fourth-order valence-electron chi connectivity index (χ4n) is 4.52. The van der Waals surface area contributed by atoms with Gasteiger partial charge in [0.25, 0.3) is 0 Å². The third kappa shape index (κ3) is 6.55. The summed E-state index contributed by atoms with van der Waals surface area (Å²) in [7, 11) is 3.92. The number of carbonyl (C=O) groups is 2. The predicted octanol–water partition coefficient (Wildman–Crippen LogP) is 5.72. The van der Waals surface area contributed by atoms with Crippen molar-refractivity contribution in [3.63, 3.8) is 0 Å². The van der Waals surface area contributed by atoms with Crippen molar-refractivity contribution in [2.24, 2.45) is 0 Å². The second-order valence-corrected chi connectivity index (χ2v) is 11.1. The number of benzene rings is 3. The van der Waals surface area contributed by atoms with Crippen LogP contribution in [0.1, 0.15) is 18.4 Å². The maximum absolute atomic E-state index is 13.9. The van der Waals surface area contributed by atoms with E-state index in [0.717, 1.165) is 22.5 Å². The van der Waals surface area contributed by atoms with Gasteiger partial charge in [-0.25, -0.2) is 9.67 Å². The minimum atomic E-state index is -0.728. The quantitative estimate of drug-likeness (QED) is 0.224. The molecular formula is C30H30ClN7O2S. The van der Waals surface area contributed by atoms with E-state index in [1.807, 2.05) is 104 Å². The third-order valence-corrected chi connectivity index (χ3v) is 7.83. The van der Waals surface area contributed by atoms with Crippen molar-refractivity contribution in [2.75, 3.05) is 24.3 Å². The lowest BCUT2D eigenvalue weighted by atomic mass is 10.1. The maximum Gasteiger partial charge on any atom is 0.247 e. The molecule has 1 atom stereocenters. The molecule has 2 aromatic heterocycles. The zero-order valence-corrected chi connectivity index (χ0v) is 24.6. The maximum atomic E-state index is 13.9. The third-order valence-electron chi connectivity index (χ3n) is 6.74. The number of aromatic nitrogens is 4. The van der Waals surface area contributed by atoms with Gasteiger partial charge in [0.1, 0.15) is 23.1 Å². The van der Waals surface area contributed by atoms with Crippen LogP contribution < -0.4 is 10.2 Å². The predicted molar refractivity (Wildman–Crippen MR) is 164 cm³/mol. The summed E-state index contributed by atoms with van der Waals surface area (Å²) >= 11 is 7.49. The molecule has 5 rings (SSSR count). The molecule has 5 aromatic rings. The lowest BCUT2D eigenvalue weighted by Gasteiger charge is -2.30. The lowest BCUT2D eigenvalue weighted by Crippen LogP contribution is -2.47. The van der Waals surface area contributed by atoms with Crippen LogP contribution in [0.3, 0.4) is 0 Å². The van der Waals surface area contributed by atoms with E-state index in [0.29, 0.717) is 27.7 Å². The van der Waals surface area contributed by atoms with Crippen LogP contribution in [-0.4, -0.2) is 56.8 Å². The summed E-state index contributed by atoms with van der Waals surface area (Å²) in [6.45, 7) is 2.01. The van der Waals surface area contributed by atoms with Crippen molar-refractivity contribution in [3.05, 3.63) is 88.2 Å². The van der Waals surface area contributed by atoms with Crippen LogP contribution in [0.15, 0.2) is 78.2 Å². The van der Waals surface area contributed by atoms with Crippen molar-refractivity contribution >= 4 is 57.2 Å². The van der Waals surface area contributed by atoms with Crippen molar-refractivity contribution in [1.29, 1.82) is 0 Å². The zero-order chi connectivity index (χ0) is 28.9. The molecule has 2 amide bonds. The molecule has 0 aliphatic carbocycles. The largest absolute Gasteiger partial charge is 0.378 e. The highest BCUT2D eigenvalue weighted by Gasteiger charge is 2.30. The van der Waals surface area contributed by atoms with Gasteiger partial charge in [0.15, 0.2) is 0 Å². The number of amides is 2. The number of thiazole rings is 1. The number of fused-ring (bicyclic) bond motifs is 1. The summed E-state index contributed by atoms with van der Waals surface area (Å²) in [4.78, 5) is 35.8. The highest BCUT2D eigenvalue weighted by Crippen LogP contribution is 2.26. The first-order chi connectivity index (χ1) is 19.8. The number of para-hydroxylation sites is 1. The van der Waals surface area contributed by atoms with Crippen LogP contribution in [0.4, 0.5) is 11.4 Å². The molecule has 0 bridgehead atoms. The molecule has 1 N–H and O–H groups in total. The Morgan fingerprint density at radius 3 is 2.46 bits per heavy atom. The van der Waals surface area contributed by atoms with Crippen molar-refractivity contribution in [3.8, 4) is 11.3 Å². The number of nitrogens with zero attached hydrogens (tertiary/aromatic N) is 6. The molecule has 0 radical (unpaired) electrons. The van der Waals surface area contributed by atoms with Gasteiger partial charge in [-0.1, -0.05) is 48.0 Å². The van der Waals surface area contributed by atoms with Gasteiger partial charge >= 0.3 is 0 Å².